The highest BCUT2D eigenvalue weighted by Gasteiger charge is 2.78. The maximum absolute atomic E-state index is 15.8. The van der Waals surface area contributed by atoms with Crippen LogP contribution >= 0.6 is 0 Å². The molecule has 14 nitrogen and oxygen atoms in total. The van der Waals surface area contributed by atoms with E-state index < -0.39 is 115 Å². The van der Waals surface area contributed by atoms with Gasteiger partial charge in [-0.05, 0) is 73.0 Å². The first-order valence-electron chi connectivity index (χ1n) is 23.0. The third kappa shape index (κ3) is 8.15. The number of aliphatic hydroxyl groups is 3. The van der Waals surface area contributed by atoms with Gasteiger partial charge >= 0.3 is 17.9 Å². The van der Waals surface area contributed by atoms with E-state index in [2.05, 4.69) is 5.32 Å². The summed E-state index contributed by atoms with van der Waals surface area (Å²) in [5.41, 5.74) is -6.28. The zero-order valence-electron chi connectivity index (χ0n) is 38.9. The number of fused-ring (bicyclic) bond motifs is 5. The number of carbonyl (C=O) groups excluding carboxylic acids is 5. The Kier molecular flexibility index (Phi) is 13.8. The van der Waals surface area contributed by atoms with E-state index in [1.54, 1.807) is 119 Å². The van der Waals surface area contributed by atoms with Crippen molar-refractivity contribution >= 4 is 37.9 Å². The molecule has 2 bridgehead atoms. The van der Waals surface area contributed by atoms with Crippen LogP contribution < -0.4 is 5.32 Å². The van der Waals surface area contributed by atoms with Crippen LogP contribution in [0.2, 0.25) is 18.1 Å². The fraction of sp³-hybridized carbons (Fsp3) is 0.510. The number of amides is 1. The van der Waals surface area contributed by atoms with Gasteiger partial charge in [-0.2, -0.15) is 0 Å². The lowest BCUT2D eigenvalue weighted by Crippen LogP contribution is -2.82. The van der Waals surface area contributed by atoms with E-state index in [4.69, 9.17) is 23.4 Å². The Morgan fingerprint density at radius 2 is 1.42 bits per heavy atom. The number of benzene rings is 3. The Morgan fingerprint density at radius 1 is 0.864 bits per heavy atom. The SMILES string of the molecule is CC[Si](CC)(CC)OC1CC2OC[C@@]2(OC(C)=O)[C@H]2[C@H](OC(=O)c3ccccc3)[C@]3(O)C[C@H](OC(=O)[C@H](O)[C@@H](NC(=O)c4ccccc4)c4ccccc4)C(C)=C([C@@H](O)C(=O)[C@]12C)C3(C)C. The van der Waals surface area contributed by atoms with Crippen LogP contribution in [0.25, 0.3) is 0 Å². The summed E-state index contributed by atoms with van der Waals surface area (Å²) in [6.45, 7) is 13.6. The lowest BCUT2D eigenvalue weighted by atomic mass is 9.44. The van der Waals surface area contributed by atoms with Gasteiger partial charge in [-0.15, -0.1) is 0 Å². The van der Waals surface area contributed by atoms with Crippen LogP contribution in [0.15, 0.2) is 102 Å². The zero-order chi connectivity index (χ0) is 48.0. The highest BCUT2D eigenvalue weighted by atomic mass is 28.4. The van der Waals surface area contributed by atoms with Crippen molar-refractivity contribution in [1.82, 2.24) is 5.32 Å². The molecule has 1 saturated heterocycles. The molecule has 66 heavy (non-hydrogen) atoms. The van der Waals surface area contributed by atoms with Gasteiger partial charge in [-0.3, -0.25) is 14.4 Å². The standard InChI is InChI=1S/C51H63NO13Si/c1-9-66(10-2,11-3)65-36-27-37-50(29-61-37,64-31(5)53)42-44(63-46(58)34-25-19-14-20-26-34)51(60)28-35(30(4)38(48(51,6)7)40(54)43(56)49(36,42)8)62-47(59)41(55)39(32-21-15-12-16-22-32)52-45(57)33-23-17-13-18-24-33/h12-26,35-37,39-42,44,54-55,60H,9-11,27-29H2,1-8H3,(H,52,57)/t35-,36?,37?,39-,40+,41+,42-,44-,49+,50-,51+/m0/s1. The number of carbonyl (C=O) groups is 5. The number of ketones is 1. The maximum atomic E-state index is 15.8. The molecule has 2 saturated carbocycles. The van der Waals surface area contributed by atoms with Gasteiger partial charge in [0.05, 0.1) is 35.6 Å². The highest BCUT2D eigenvalue weighted by Crippen LogP contribution is 2.65. The molecule has 1 amide bonds. The quantitative estimate of drug-likeness (QED) is 0.0617. The fourth-order valence-corrected chi connectivity index (χ4v) is 14.3. The lowest BCUT2D eigenvalue weighted by Gasteiger charge is -2.68. The van der Waals surface area contributed by atoms with Crippen LogP contribution in [0, 0.1) is 16.7 Å². The third-order valence-corrected chi connectivity index (χ3v) is 20.2. The monoisotopic (exact) mass is 925 g/mol. The van der Waals surface area contributed by atoms with E-state index in [0.29, 0.717) is 23.7 Å². The van der Waals surface area contributed by atoms with Gasteiger partial charge < -0.3 is 44.0 Å². The molecule has 4 aliphatic rings. The largest absolute Gasteiger partial charge is 0.456 e. The predicted octanol–water partition coefficient (Wildman–Crippen LogP) is 6.19. The molecular formula is C51H63NO13Si. The molecule has 1 aliphatic heterocycles. The van der Waals surface area contributed by atoms with Crippen LogP contribution in [0.1, 0.15) is 101 Å². The van der Waals surface area contributed by atoms with Crippen molar-refractivity contribution in [3.63, 3.8) is 0 Å². The van der Waals surface area contributed by atoms with Gasteiger partial charge in [0.15, 0.2) is 25.8 Å². The fourth-order valence-electron chi connectivity index (χ4n) is 11.4. The topological polar surface area (TPSA) is 204 Å². The molecule has 3 aliphatic carbocycles. The van der Waals surface area contributed by atoms with Gasteiger partial charge in [-0.25, -0.2) is 9.59 Å². The number of Topliss-reactive ketones (excluding diaryl/α,β-unsaturated/α-hetero) is 1. The van der Waals surface area contributed by atoms with E-state index >= 15 is 4.79 Å². The van der Waals surface area contributed by atoms with Gasteiger partial charge in [0.25, 0.3) is 5.91 Å². The van der Waals surface area contributed by atoms with Crippen molar-refractivity contribution in [2.75, 3.05) is 6.61 Å². The Labute approximate surface area is 387 Å². The average Bonchev–Trinajstić information content (AvgIpc) is 3.31. The van der Waals surface area contributed by atoms with Crippen molar-refractivity contribution in [2.24, 2.45) is 16.7 Å². The highest BCUT2D eigenvalue weighted by molar-refractivity contribution is 6.73. The van der Waals surface area contributed by atoms with Crippen molar-refractivity contribution < 1.29 is 62.7 Å². The van der Waals surface area contributed by atoms with Gasteiger partial charge in [0.1, 0.15) is 30.0 Å². The van der Waals surface area contributed by atoms with Crippen LogP contribution in [0.3, 0.4) is 0 Å². The second kappa shape index (κ2) is 18.6. The van der Waals surface area contributed by atoms with E-state index in [-0.39, 0.29) is 35.3 Å². The molecule has 3 fully saturated rings. The van der Waals surface area contributed by atoms with E-state index in [1.807, 2.05) is 20.8 Å². The van der Waals surface area contributed by atoms with Gasteiger partial charge in [0.2, 0.25) is 0 Å². The number of hydrogen-bond acceptors (Lipinski definition) is 13. The molecular weight excluding hydrogens is 863 g/mol. The normalized spacial score (nSPS) is 31.0. The first-order chi connectivity index (χ1) is 31.2. The lowest BCUT2D eigenvalue weighted by molar-refractivity contribution is -0.344. The van der Waals surface area contributed by atoms with Crippen molar-refractivity contribution in [3.05, 3.63) is 119 Å². The number of nitrogens with one attached hydrogen (secondary N) is 1. The predicted molar refractivity (Wildman–Crippen MR) is 244 cm³/mol. The molecule has 1 heterocycles. The molecule has 15 heteroatoms. The minimum Gasteiger partial charge on any atom is -0.456 e. The minimum atomic E-state index is -2.58. The summed E-state index contributed by atoms with van der Waals surface area (Å²) in [4.78, 5) is 71.5. The summed E-state index contributed by atoms with van der Waals surface area (Å²) in [5.74, 6) is -5.41. The molecule has 4 N–H and O–H groups in total. The van der Waals surface area contributed by atoms with E-state index in [9.17, 15) is 34.5 Å². The van der Waals surface area contributed by atoms with E-state index in [0.717, 1.165) is 0 Å². The number of rotatable bonds is 14. The molecule has 11 atom stereocenters. The van der Waals surface area contributed by atoms with Crippen LogP contribution in [0.4, 0.5) is 0 Å². The average molecular weight is 926 g/mol. The summed E-state index contributed by atoms with van der Waals surface area (Å²) in [6.07, 6.45) is -9.24. The number of ether oxygens (including phenoxy) is 4. The van der Waals surface area contributed by atoms with Crippen LogP contribution in [0.5, 0.6) is 0 Å². The summed E-state index contributed by atoms with van der Waals surface area (Å²) in [7, 11) is -2.58. The molecule has 354 valence electrons. The first-order valence-corrected chi connectivity index (χ1v) is 25.5. The molecule has 3 aromatic rings. The van der Waals surface area contributed by atoms with Crippen molar-refractivity contribution in [1.29, 1.82) is 0 Å². The van der Waals surface area contributed by atoms with Gasteiger partial charge in [0, 0.05) is 30.7 Å². The molecule has 0 aromatic heterocycles. The zero-order valence-corrected chi connectivity index (χ0v) is 39.9. The maximum Gasteiger partial charge on any atom is 0.338 e. The smallest absolute Gasteiger partial charge is 0.338 e. The third-order valence-electron chi connectivity index (χ3n) is 15.5. The Bertz CT molecular complexity index is 2330. The van der Waals surface area contributed by atoms with Crippen LogP contribution in [-0.2, 0) is 37.8 Å². The second-order valence-electron chi connectivity index (χ2n) is 19.1. The van der Waals surface area contributed by atoms with E-state index in [1.165, 1.54) is 6.92 Å². The number of aliphatic hydroxyl groups excluding tert-OH is 2. The first kappa shape index (κ1) is 48.9. The van der Waals surface area contributed by atoms with Crippen molar-refractivity contribution in [3.8, 4) is 0 Å². The summed E-state index contributed by atoms with van der Waals surface area (Å²) in [6, 6.07) is 25.6. The second-order valence-corrected chi connectivity index (χ2v) is 23.8. The molecule has 0 spiro atoms. The molecule has 2 unspecified atom stereocenters. The Balaban J connectivity index is 1.39. The number of esters is 3. The molecule has 7 rings (SSSR count). The Morgan fingerprint density at radius 3 is 1.95 bits per heavy atom. The summed E-state index contributed by atoms with van der Waals surface area (Å²) >= 11 is 0. The van der Waals surface area contributed by atoms with Crippen LogP contribution in [-0.4, -0.2) is 108 Å². The van der Waals surface area contributed by atoms with Crippen molar-refractivity contribution in [2.45, 2.75) is 140 Å². The molecule has 3 aromatic carbocycles. The number of hydrogen-bond donors (Lipinski definition) is 4. The Hall–Kier alpha value is -5.03. The summed E-state index contributed by atoms with van der Waals surface area (Å²) < 4.78 is 32.5. The van der Waals surface area contributed by atoms with Gasteiger partial charge in [-0.1, -0.05) is 101 Å². The minimum absolute atomic E-state index is 0.0308. The molecule has 0 radical (unpaired) electrons. The summed E-state index contributed by atoms with van der Waals surface area (Å²) in [5, 5.41) is 41.3.